The lowest BCUT2D eigenvalue weighted by molar-refractivity contribution is -0.148. The number of hydrogen-bond donors (Lipinski definition) is 2. The van der Waals surface area contributed by atoms with Crippen LogP contribution < -0.4 is 10.6 Å². The van der Waals surface area contributed by atoms with E-state index < -0.39 is 22.0 Å². The van der Waals surface area contributed by atoms with Gasteiger partial charge in [-0.1, -0.05) is 0 Å². The van der Waals surface area contributed by atoms with E-state index in [2.05, 4.69) is 4.84 Å². The van der Waals surface area contributed by atoms with Crippen molar-refractivity contribution in [1.29, 1.82) is 0 Å². The van der Waals surface area contributed by atoms with E-state index in [9.17, 15) is 13.2 Å². The quantitative estimate of drug-likeness (QED) is 0.509. The summed E-state index contributed by atoms with van der Waals surface area (Å²) in [6, 6.07) is -0.843. The predicted molar refractivity (Wildman–Crippen MR) is 37.7 cm³/mol. The van der Waals surface area contributed by atoms with Crippen LogP contribution in [-0.4, -0.2) is 26.7 Å². The van der Waals surface area contributed by atoms with Gasteiger partial charge in [0.15, 0.2) is 0 Å². The summed E-state index contributed by atoms with van der Waals surface area (Å²) in [5, 5.41) is 0. The number of nitrogens with two attached hydrogens (primary N) is 1. The lowest BCUT2D eigenvalue weighted by Gasteiger charge is -2.04. The van der Waals surface area contributed by atoms with E-state index in [1.165, 1.54) is 6.92 Å². The lowest BCUT2D eigenvalue weighted by Crippen LogP contribution is -2.35. The van der Waals surface area contributed by atoms with Crippen molar-refractivity contribution >= 4 is 16.0 Å². The van der Waals surface area contributed by atoms with Crippen molar-refractivity contribution in [2.75, 3.05) is 6.26 Å². The Morgan fingerprint density at radius 2 is 2.09 bits per heavy atom. The Morgan fingerprint density at radius 1 is 1.64 bits per heavy atom. The maximum atomic E-state index is 10.5. The number of sulfonamides is 1. The summed E-state index contributed by atoms with van der Waals surface area (Å²) >= 11 is 0. The molecule has 0 bridgehead atoms. The van der Waals surface area contributed by atoms with E-state index in [0.717, 1.165) is 6.26 Å². The second kappa shape index (κ2) is 3.65. The molecule has 0 radical (unpaired) electrons. The first kappa shape index (κ1) is 10.3. The SMILES string of the molecule is C[C@H](N)C(=O)ONS(C)(=O)=O. The standard InChI is InChI=1S/C4H10N2O4S/c1-3(5)4(7)10-6-11(2,8)9/h3,6H,5H2,1-2H3/t3-/m0/s1. The van der Waals surface area contributed by atoms with Gasteiger partial charge in [-0.15, -0.1) is 0 Å². The molecular weight excluding hydrogens is 172 g/mol. The van der Waals surface area contributed by atoms with Gasteiger partial charge in [-0.05, 0) is 11.8 Å². The topological polar surface area (TPSA) is 98.5 Å². The zero-order valence-electron chi connectivity index (χ0n) is 6.20. The number of nitrogens with one attached hydrogen (secondary N) is 1. The fourth-order valence-electron chi connectivity index (χ4n) is 0.210. The molecule has 3 N–H and O–H groups in total. The first-order valence-corrected chi connectivity index (χ1v) is 4.65. The molecule has 11 heavy (non-hydrogen) atoms. The van der Waals surface area contributed by atoms with Crippen molar-refractivity contribution < 1.29 is 18.0 Å². The minimum atomic E-state index is -3.50. The third kappa shape index (κ3) is 5.77. The van der Waals surface area contributed by atoms with E-state index in [0.29, 0.717) is 0 Å². The molecule has 0 aromatic heterocycles. The maximum absolute atomic E-state index is 10.5. The Labute approximate surface area is 64.7 Å². The smallest absolute Gasteiger partial charge is 0.342 e. The van der Waals surface area contributed by atoms with Crippen molar-refractivity contribution in [2.24, 2.45) is 5.73 Å². The number of carbonyl (C=O) groups excluding carboxylic acids is 1. The number of hydrogen-bond acceptors (Lipinski definition) is 5. The molecule has 0 aliphatic carbocycles. The van der Waals surface area contributed by atoms with Crippen LogP contribution in [0.2, 0.25) is 0 Å². The summed E-state index contributed by atoms with van der Waals surface area (Å²) in [6.45, 7) is 1.38. The van der Waals surface area contributed by atoms with Gasteiger partial charge < -0.3 is 10.6 Å². The Hall–Kier alpha value is -0.660. The molecule has 66 valence electrons. The van der Waals surface area contributed by atoms with Gasteiger partial charge in [-0.3, -0.25) is 0 Å². The van der Waals surface area contributed by atoms with Gasteiger partial charge in [-0.25, -0.2) is 13.2 Å². The largest absolute Gasteiger partial charge is 0.354 e. The van der Waals surface area contributed by atoms with Gasteiger partial charge in [0.2, 0.25) is 10.0 Å². The molecule has 0 amide bonds. The van der Waals surface area contributed by atoms with Gasteiger partial charge in [0.05, 0.1) is 6.26 Å². The summed E-state index contributed by atoms with van der Waals surface area (Å²) in [5.74, 6) is -0.824. The van der Waals surface area contributed by atoms with Crippen LogP contribution in [0.1, 0.15) is 6.92 Å². The molecule has 0 rings (SSSR count). The summed E-state index contributed by atoms with van der Waals surface area (Å²) in [4.78, 5) is 16.1. The van der Waals surface area contributed by atoms with Crippen molar-refractivity contribution in [3.8, 4) is 0 Å². The van der Waals surface area contributed by atoms with Crippen LogP contribution in [-0.2, 0) is 19.7 Å². The third-order valence-corrected chi connectivity index (χ3v) is 1.05. The van der Waals surface area contributed by atoms with Crippen LogP contribution in [0.25, 0.3) is 0 Å². The predicted octanol–water partition coefficient (Wildman–Crippen LogP) is -1.66. The fraction of sp³-hybridized carbons (Fsp3) is 0.750. The number of rotatable bonds is 3. The molecule has 0 unspecified atom stereocenters. The molecule has 7 heteroatoms. The van der Waals surface area contributed by atoms with Crippen LogP contribution in [0.5, 0.6) is 0 Å². The molecule has 0 aliphatic rings. The van der Waals surface area contributed by atoms with Gasteiger partial charge in [0, 0.05) is 0 Å². The molecule has 6 nitrogen and oxygen atoms in total. The summed E-state index contributed by atoms with van der Waals surface area (Å²) < 4.78 is 20.7. The summed E-state index contributed by atoms with van der Waals surface area (Å²) in [5.41, 5.74) is 5.06. The molecule has 0 aliphatic heterocycles. The van der Waals surface area contributed by atoms with E-state index in [-0.39, 0.29) is 0 Å². The van der Waals surface area contributed by atoms with Crippen LogP contribution in [0.3, 0.4) is 0 Å². The zero-order valence-corrected chi connectivity index (χ0v) is 7.01. The second-order valence-electron chi connectivity index (χ2n) is 2.07. The Kier molecular flexibility index (Phi) is 3.43. The van der Waals surface area contributed by atoms with Gasteiger partial charge in [-0.2, -0.15) is 0 Å². The maximum Gasteiger partial charge on any atom is 0.342 e. The molecule has 1 atom stereocenters. The van der Waals surface area contributed by atoms with Crippen LogP contribution in [0.4, 0.5) is 0 Å². The number of carbonyl (C=O) groups is 1. The van der Waals surface area contributed by atoms with Crippen molar-refractivity contribution in [3.63, 3.8) is 0 Å². The highest BCUT2D eigenvalue weighted by atomic mass is 32.2. The molecule has 0 spiro atoms. The fourth-order valence-corrected chi connectivity index (χ4v) is 0.443. The Balaban J connectivity index is 3.83. The highest BCUT2D eigenvalue weighted by molar-refractivity contribution is 7.88. The van der Waals surface area contributed by atoms with Crippen molar-refractivity contribution in [3.05, 3.63) is 0 Å². The van der Waals surface area contributed by atoms with E-state index >= 15 is 0 Å². The third-order valence-electron chi connectivity index (χ3n) is 0.665. The van der Waals surface area contributed by atoms with Crippen molar-refractivity contribution in [1.82, 2.24) is 4.89 Å². The van der Waals surface area contributed by atoms with E-state index in [4.69, 9.17) is 5.73 Å². The minimum Gasteiger partial charge on any atom is -0.354 e. The summed E-state index contributed by atoms with van der Waals surface area (Å²) in [7, 11) is -3.50. The van der Waals surface area contributed by atoms with Crippen LogP contribution >= 0.6 is 0 Å². The van der Waals surface area contributed by atoms with Crippen LogP contribution in [0, 0.1) is 0 Å². The molecule has 0 saturated heterocycles. The average molecular weight is 182 g/mol. The molecular formula is C4H10N2O4S. The highest BCUT2D eigenvalue weighted by Crippen LogP contribution is 1.81. The van der Waals surface area contributed by atoms with Crippen LogP contribution in [0.15, 0.2) is 0 Å². The van der Waals surface area contributed by atoms with Gasteiger partial charge in [0.1, 0.15) is 6.04 Å². The van der Waals surface area contributed by atoms with E-state index in [1.54, 1.807) is 4.89 Å². The first-order valence-electron chi connectivity index (χ1n) is 2.76. The molecule has 0 fully saturated rings. The minimum absolute atomic E-state index is 0.824. The monoisotopic (exact) mass is 182 g/mol. The molecule has 0 aromatic rings. The highest BCUT2D eigenvalue weighted by Gasteiger charge is 2.11. The van der Waals surface area contributed by atoms with E-state index in [1.807, 2.05) is 0 Å². The normalized spacial score (nSPS) is 14.1. The van der Waals surface area contributed by atoms with Crippen molar-refractivity contribution in [2.45, 2.75) is 13.0 Å². The van der Waals surface area contributed by atoms with Gasteiger partial charge >= 0.3 is 5.97 Å². The lowest BCUT2D eigenvalue weighted by atomic mass is 10.4. The average Bonchev–Trinajstić information content (AvgIpc) is 1.80. The molecule has 0 heterocycles. The zero-order chi connectivity index (χ0) is 9.07. The second-order valence-corrected chi connectivity index (χ2v) is 3.78. The Morgan fingerprint density at radius 3 is 2.36 bits per heavy atom. The van der Waals surface area contributed by atoms with Gasteiger partial charge in [0.25, 0.3) is 0 Å². The summed E-state index contributed by atoms with van der Waals surface area (Å²) in [6.07, 6.45) is 0.863. The molecule has 0 aromatic carbocycles. The molecule has 0 saturated carbocycles. The Bertz CT molecular complexity index is 232. The first-order chi connectivity index (χ1) is 4.83.